The molecule has 4 saturated carbocycles. The van der Waals surface area contributed by atoms with Crippen LogP contribution in [0.15, 0.2) is 91.0 Å². The Morgan fingerprint density at radius 2 is 1.00 bits per heavy atom. The van der Waals surface area contributed by atoms with Crippen LogP contribution in [0.3, 0.4) is 0 Å². The van der Waals surface area contributed by atoms with Crippen molar-refractivity contribution in [3.63, 3.8) is 0 Å². The highest BCUT2D eigenvalue weighted by Crippen LogP contribution is 3.03. The first kappa shape index (κ1) is 13.6. The van der Waals surface area contributed by atoms with Crippen molar-refractivity contribution in [3.05, 3.63) is 108 Å². The highest BCUT2D eigenvalue weighted by atomic mass is 16.1. The van der Waals surface area contributed by atoms with E-state index in [4.69, 9.17) is 0 Å². The fraction of sp³-hybridized carbons (Fsp3) is 0.208. The van der Waals surface area contributed by atoms with E-state index in [1.807, 2.05) is 0 Å². The Hall–Kier alpha value is -2.67. The first-order chi connectivity index (χ1) is 12.3. The van der Waals surface area contributed by atoms with Crippen molar-refractivity contribution in [3.8, 4) is 0 Å². The van der Waals surface area contributed by atoms with Crippen LogP contribution in [0, 0.1) is 5.92 Å². The second kappa shape index (κ2) is 4.11. The Kier molecular flexibility index (Phi) is 2.23. The first-order valence-electron chi connectivity index (χ1n) is 9.01. The molecule has 0 amide bonds. The third-order valence-electron chi connectivity index (χ3n) is 7.17. The zero-order chi connectivity index (χ0) is 16.7. The van der Waals surface area contributed by atoms with E-state index < -0.39 is 0 Å². The van der Waals surface area contributed by atoms with Gasteiger partial charge in [-0.3, -0.25) is 4.79 Å². The maximum atomic E-state index is 13.0. The molecule has 1 nitrogen and oxygen atoms in total. The number of ketones is 1. The molecular formula is C24H18O. The molecule has 0 aromatic heterocycles. The van der Waals surface area contributed by atoms with Gasteiger partial charge in [-0.2, -0.15) is 0 Å². The molecule has 4 aliphatic rings. The standard InChI is InChI=1S/C24H18O/c25-20-16-22(17-10-4-1-5-11-17)23(18-12-6-2-7-13-18)21(20)24(22,23)19-14-8-3-9-15-19/h1-15,21H,16H2/t21?,22?,23-,24-/m0/s1. The number of hydrogen-bond acceptors (Lipinski definition) is 1. The molecule has 4 aliphatic carbocycles. The Balaban J connectivity index is 1.67. The van der Waals surface area contributed by atoms with E-state index in [1.54, 1.807) is 0 Å². The van der Waals surface area contributed by atoms with E-state index in [2.05, 4.69) is 91.0 Å². The number of rotatable bonds is 3. The van der Waals surface area contributed by atoms with Crippen LogP contribution in [0.5, 0.6) is 0 Å². The Labute approximate surface area is 147 Å². The van der Waals surface area contributed by atoms with Gasteiger partial charge in [-0.05, 0) is 16.7 Å². The van der Waals surface area contributed by atoms with E-state index >= 15 is 0 Å². The molecule has 7 rings (SSSR count). The molecule has 2 bridgehead atoms. The van der Waals surface area contributed by atoms with Crippen LogP contribution in [-0.4, -0.2) is 5.78 Å². The van der Waals surface area contributed by atoms with E-state index in [-0.39, 0.29) is 22.2 Å². The molecule has 2 atom stereocenters. The Morgan fingerprint density at radius 1 is 0.600 bits per heavy atom. The minimum absolute atomic E-state index is 0.0406. The number of carbonyl (C=O) groups excluding carboxylic acids is 1. The molecule has 0 aliphatic heterocycles. The van der Waals surface area contributed by atoms with Gasteiger partial charge in [-0.25, -0.2) is 0 Å². The topological polar surface area (TPSA) is 17.1 Å². The highest BCUT2D eigenvalue weighted by Gasteiger charge is 3.11. The third kappa shape index (κ3) is 1.15. The lowest BCUT2D eigenvalue weighted by Crippen LogP contribution is -2.26. The van der Waals surface area contributed by atoms with E-state index in [0.29, 0.717) is 12.2 Å². The first-order valence-corrected chi connectivity index (χ1v) is 9.01. The van der Waals surface area contributed by atoms with Crippen LogP contribution in [-0.2, 0) is 21.0 Å². The van der Waals surface area contributed by atoms with Crippen molar-refractivity contribution in [1.82, 2.24) is 0 Å². The molecule has 0 N–H and O–H groups in total. The van der Waals surface area contributed by atoms with Crippen LogP contribution in [0.2, 0.25) is 0 Å². The van der Waals surface area contributed by atoms with Gasteiger partial charge in [0.2, 0.25) is 0 Å². The molecule has 1 heteroatoms. The van der Waals surface area contributed by atoms with Crippen molar-refractivity contribution in [1.29, 1.82) is 0 Å². The summed E-state index contributed by atoms with van der Waals surface area (Å²) in [4.78, 5) is 13.0. The lowest BCUT2D eigenvalue weighted by atomic mass is 9.75. The number of carbonyl (C=O) groups is 1. The van der Waals surface area contributed by atoms with Gasteiger partial charge < -0.3 is 0 Å². The van der Waals surface area contributed by atoms with Gasteiger partial charge >= 0.3 is 0 Å². The molecule has 3 aromatic rings. The summed E-state index contributed by atoms with van der Waals surface area (Å²) in [6.45, 7) is 0. The maximum Gasteiger partial charge on any atom is 0.138 e. The number of hydrogen-bond donors (Lipinski definition) is 0. The van der Waals surface area contributed by atoms with Gasteiger partial charge in [0.15, 0.2) is 0 Å². The zero-order valence-corrected chi connectivity index (χ0v) is 13.9. The fourth-order valence-electron chi connectivity index (χ4n) is 6.66. The normalized spacial score (nSPS) is 36.8. The molecule has 120 valence electrons. The molecule has 0 saturated heterocycles. The van der Waals surface area contributed by atoms with Gasteiger partial charge in [-0.1, -0.05) is 91.0 Å². The highest BCUT2D eigenvalue weighted by molar-refractivity contribution is 6.08. The smallest absolute Gasteiger partial charge is 0.138 e. The molecular weight excluding hydrogens is 304 g/mol. The van der Waals surface area contributed by atoms with Crippen LogP contribution >= 0.6 is 0 Å². The van der Waals surface area contributed by atoms with Gasteiger partial charge in [0, 0.05) is 28.6 Å². The summed E-state index contributed by atoms with van der Waals surface area (Å²) < 4.78 is 0. The van der Waals surface area contributed by atoms with Gasteiger partial charge in [0.1, 0.15) is 5.78 Å². The summed E-state index contributed by atoms with van der Waals surface area (Å²) in [5.41, 5.74) is 3.84. The predicted octanol–water partition coefficient (Wildman–Crippen LogP) is 4.42. The summed E-state index contributed by atoms with van der Waals surface area (Å²) in [6, 6.07) is 32.2. The monoisotopic (exact) mass is 322 g/mol. The van der Waals surface area contributed by atoms with Crippen molar-refractivity contribution in [2.75, 3.05) is 0 Å². The molecule has 3 aromatic carbocycles. The largest absolute Gasteiger partial charge is 0.299 e. The average Bonchev–Trinajstić information content (AvgIpc) is 3.41. The second-order valence-electron chi connectivity index (χ2n) is 7.70. The summed E-state index contributed by atoms with van der Waals surface area (Å²) in [7, 11) is 0. The van der Waals surface area contributed by atoms with Crippen LogP contribution in [0.4, 0.5) is 0 Å². The van der Waals surface area contributed by atoms with Crippen LogP contribution in [0.1, 0.15) is 23.1 Å². The number of fused-ring (bicyclic) bond motifs is 1. The average molecular weight is 322 g/mol. The summed E-state index contributed by atoms with van der Waals surface area (Å²) in [6.07, 6.45) is 0.672. The quantitative estimate of drug-likeness (QED) is 0.698. The Bertz CT molecular complexity index is 871. The molecule has 0 radical (unpaired) electrons. The van der Waals surface area contributed by atoms with Crippen molar-refractivity contribution >= 4 is 5.78 Å². The fourth-order valence-corrected chi connectivity index (χ4v) is 6.66. The van der Waals surface area contributed by atoms with Crippen molar-refractivity contribution < 1.29 is 4.79 Å². The van der Waals surface area contributed by atoms with Crippen LogP contribution in [0.25, 0.3) is 0 Å². The molecule has 0 spiro atoms. The van der Waals surface area contributed by atoms with E-state index in [0.717, 1.165) is 0 Å². The maximum absolute atomic E-state index is 13.0. The minimum atomic E-state index is -0.0638. The number of Topliss-reactive ketones (excluding diaryl/α,β-unsaturated/α-hetero) is 1. The molecule has 0 unspecified atom stereocenters. The van der Waals surface area contributed by atoms with Gasteiger partial charge in [-0.15, -0.1) is 0 Å². The van der Waals surface area contributed by atoms with Gasteiger partial charge in [0.25, 0.3) is 0 Å². The molecule has 0 heterocycles. The van der Waals surface area contributed by atoms with Crippen LogP contribution < -0.4 is 0 Å². The molecule has 25 heavy (non-hydrogen) atoms. The van der Waals surface area contributed by atoms with Crippen molar-refractivity contribution in [2.24, 2.45) is 5.92 Å². The lowest BCUT2D eigenvalue weighted by Gasteiger charge is -2.25. The molecule has 4 fully saturated rings. The lowest BCUT2D eigenvalue weighted by molar-refractivity contribution is -0.118. The van der Waals surface area contributed by atoms with Crippen molar-refractivity contribution in [2.45, 2.75) is 22.7 Å². The predicted molar refractivity (Wildman–Crippen MR) is 97.5 cm³/mol. The summed E-state index contributed by atoms with van der Waals surface area (Å²) in [5, 5.41) is 0. The van der Waals surface area contributed by atoms with E-state index in [1.165, 1.54) is 16.7 Å². The summed E-state index contributed by atoms with van der Waals surface area (Å²) >= 11 is 0. The zero-order valence-electron chi connectivity index (χ0n) is 13.9. The minimum Gasteiger partial charge on any atom is -0.299 e. The second-order valence-corrected chi connectivity index (χ2v) is 7.70. The summed E-state index contributed by atoms with van der Waals surface area (Å²) in [5.74, 6) is 0.585. The number of benzene rings is 3. The van der Waals surface area contributed by atoms with Gasteiger partial charge in [0.05, 0.1) is 0 Å². The SMILES string of the molecule is O=C1CC2(c3ccccc3)[C@]3(c4ccccc4)C1[C@@]23c1ccccc1. The Morgan fingerprint density at radius 3 is 1.44 bits per heavy atom. The third-order valence-corrected chi connectivity index (χ3v) is 7.17. The van der Waals surface area contributed by atoms with E-state index in [9.17, 15) is 4.79 Å².